The number of halogens is 1. The average molecular weight is 389 g/mol. The minimum absolute atomic E-state index is 0.0979. The Kier molecular flexibility index (Phi) is 5.75. The lowest BCUT2D eigenvalue weighted by Crippen LogP contribution is -2.20. The van der Waals surface area contributed by atoms with E-state index in [2.05, 4.69) is 10.3 Å². The van der Waals surface area contributed by atoms with E-state index >= 15 is 0 Å². The molecule has 1 aromatic heterocycles. The number of amides is 1. The van der Waals surface area contributed by atoms with E-state index in [9.17, 15) is 4.79 Å². The summed E-state index contributed by atoms with van der Waals surface area (Å²) >= 11 is 7.64. The number of nitrogens with zero attached hydrogens (tertiary/aromatic N) is 1. The molecule has 3 rings (SSSR count). The molecular weight excluding hydrogens is 372 g/mol. The standard InChI is InChI=1S/C19H17ClN2O3S/c1-12-11-26-19(21-12)13-3-6-15(7-4-13)25-10-18(23)22-14-5-8-17(24-2)16(20)9-14/h3-9,11H,10H2,1-2H3,(H,22,23). The van der Waals surface area contributed by atoms with Crippen LogP contribution in [0.5, 0.6) is 11.5 Å². The van der Waals surface area contributed by atoms with Gasteiger partial charge in [0.1, 0.15) is 16.5 Å². The molecular formula is C19H17ClN2O3S. The van der Waals surface area contributed by atoms with Gasteiger partial charge in [-0.2, -0.15) is 0 Å². The number of carbonyl (C=O) groups excluding carboxylic acids is 1. The zero-order chi connectivity index (χ0) is 18.5. The second-order valence-corrected chi connectivity index (χ2v) is 6.77. The first-order valence-electron chi connectivity index (χ1n) is 7.84. The highest BCUT2D eigenvalue weighted by atomic mass is 35.5. The molecule has 0 unspecified atom stereocenters. The number of aromatic nitrogens is 1. The van der Waals surface area contributed by atoms with Gasteiger partial charge >= 0.3 is 0 Å². The van der Waals surface area contributed by atoms with Gasteiger partial charge in [0.05, 0.1) is 12.1 Å². The lowest BCUT2D eigenvalue weighted by molar-refractivity contribution is -0.118. The SMILES string of the molecule is COc1ccc(NC(=O)COc2ccc(-c3nc(C)cs3)cc2)cc1Cl. The molecule has 134 valence electrons. The molecule has 0 atom stereocenters. The van der Waals surface area contributed by atoms with Crippen molar-refractivity contribution in [2.75, 3.05) is 19.0 Å². The molecule has 5 nitrogen and oxygen atoms in total. The first kappa shape index (κ1) is 18.2. The van der Waals surface area contributed by atoms with Gasteiger partial charge < -0.3 is 14.8 Å². The predicted molar refractivity (Wildman–Crippen MR) is 104 cm³/mol. The first-order valence-corrected chi connectivity index (χ1v) is 9.09. The summed E-state index contributed by atoms with van der Waals surface area (Å²) in [6.07, 6.45) is 0. The molecule has 1 amide bonds. The first-order chi connectivity index (χ1) is 12.5. The summed E-state index contributed by atoms with van der Waals surface area (Å²) in [5.74, 6) is 0.896. The van der Waals surface area contributed by atoms with E-state index in [-0.39, 0.29) is 12.5 Å². The number of hydrogen-bond donors (Lipinski definition) is 1. The summed E-state index contributed by atoms with van der Waals surface area (Å²) in [5.41, 5.74) is 2.60. The van der Waals surface area contributed by atoms with Crippen LogP contribution in [0.2, 0.25) is 5.02 Å². The number of thiazole rings is 1. The molecule has 0 fully saturated rings. The third-order valence-electron chi connectivity index (χ3n) is 3.53. The number of hydrogen-bond acceptors (Lipinski definition) is 5. The van der Waals surface area contributed by atoms with Crippen LogP contribution in [-0.2, 0) is 4.79 Å². The van der Waals surface area contributed by atoms with Crippen molar-refractivity contribution in [3.63, 3.8) is 0 Å². The van der Waals surface area contributed by atoms with Gasteiger partial charge in [-0.25, -0.2) is 4.98 Å². The van der Waals surface area contributed by atoms with E-state index in [1.54, 1.807) is 29.5 Å². The van der Waals surface area contributed by atoms with Crippen molar-refractivity contribution in [2.45, 2.75) is 6.92 Å². The maximum atomic E-state index is 12.0. The Labute approximate surface area is 160 Å². The second-order valence-electron chi connectivity index (χ2n) is 5.50. The minimum Gasteiger partial charge on any atom is -0.495 e. The summed E-state index contributed by atoms with van der Waals surface area (Å²) in [4.78, 5) is 16.5. The fourth-order valence-electron chi connectivity index (χ4n) is 2.27. The summed E-state index contributed by atoms with van der Waals surface area (Å²) in [5, 5.41) is 6.13. The molecule has 26 heavy (non-hydrogen) atoms. The van der Waals surface area contributed by atoms with Crippen molar-refractivity contribution in [3.8, 4) is 22.1 Å². The highest BCUT2D eigenvalue weighted by molar-refractivity contribution is 7.13. The predicted octanol–water partition coefficient (Wildman–Crippen LogP) is 4.80. The van der Waals surface area contributed by atoms with Gasteiger partial charge in [-0.1, -0.05) is 11.6 Å². The quantitative estimate of drug-likeness (QED) is 0.659. The Morgan fingerprint density at radius 2 is 2.00 bits per heavy atom. The Hall–Kier alpha value is -2.57. The topological polar surface area (TPSA) is 60.5 Å². The fraction of sp³-hybridized carbons (Fsp3) is 0.158. The van der Waals surface area contributed by atoms with Crippen molar-refractivity contribution in [3.05, 3.63) is 58.6 Å². The van der Waals surface area contributed by atoms with Crippen LogP contribution < -0.4 is 14.8 Å². The van der Waals surface area contributed by atoms with Crippen molar-refractivity contribution < 1.29 is 14.3 Å². The molecule has 2 aromatic carbocycles. The number of anilines is 1. The van der Waals surface area contributed by atoms with E-state index in [4.69, 9.17) is 21.1 Å². The number of methoxy groups -OCH3 is 1. The smallest absolute Gasteiger partial charge is 0.262 e. The number of carbonyl (C=O) groups is 1. The van der Waals surface area contributed by atoms with Crippen LogP contribution in [0.25, 0.3) is 10.6 Å². The maximum Gasteiger partial charge on any atom is 0.262 e. The van der Waals surface area contributed by atoms with E-state index in [1.807, 2.05) is 36.6 Å². The lowest BCUT2D eigenvalue weighted by atomic mass is 10.2. The molecule has 7 heteroatoms. The fourth-order valence-corrected chi connectivity index (χ4v) is 3.33. The monoisotopic (exact) mass is 388 g/mol. The molecule has 0 spiro atoms. The van der Waals surface area contributed by atoms with Crippen LogP contribution in [0, 0.1) is 6.92 Å². The lowest BCUT2D eigenvalue weighted by Gasteiger charge is -2.09. The van der Waals surface area contributed by atoms with Crippen LogP contribution >= 0.6 is 22.9 Å². The molecule has 0 aliphatic rings. The van der Waals surface area contributed by atoms with Crippen molar-refractivity contribution >= 4 is 34.5 Å². The second kappa shape index (κ2) is 8.21. The van der Waals surface area contributed by atoms with E-state index < -0.39 is 0 Å². The molecule has 3 aromatic rings. The van der Waals surface area contributed by atoms with Gasteiger partial charge in [0.2, 0.25) is 0 Å². The van der Waals surface area contributed by atoms with E-state index in [0.717, 1.165) is 16.3 Å². The van der Waals surface area contributed by atoms with E-state index in [0.29, 0.717) is 22.2 Å². The Balaban J connectivity index is 1.55. The molecule has 1 heterocycles. The number of aryl methyl sites for hydroxylation is 1. The molecule has 0 saturated carbocycles. The molecule has 1 N–H and O–H groups in total. The Morgan fingerprint density at radius 1 is 1.23 bits per heavy atom. The van der Waals surface area contributed by atoms with Gasteiger partial charge in [0, 0.05) is 22.3 Å². The highest BCUT2D eigenvalue weighted by Gasteiger charge is 2.07. The van der Waals surface area contributed by atoms with Gasteiger partial charge in [-0.3, -0.25) is 4.79 Å². The zero-order valence-corrected chi connectivity index (χ0v) is 15.9. The Bertz CT molecular complexity index is 909. The average Bonchev–Trinajstić information content (AvgIpc) is 3.07. The largest absolute Gasteiger partial charge is 0.495 e. The number of rotatable bonds is 6. The minimum atomic E-state index is -0.272. The van der Waals surface area contributed by atoms with Gasteiger partial charge in [0.25, 0.3) is 5.91 Å². The van der Waals surface area contributed by atoms with Crippen LogP contribution in [0.1, 0.15) is 5.69 Å². The van der Waals surface area contributed by atoms with Crippen LogP contribution in [0.3, 0.4) is 0 Å². The molecule has 0 aliphatic heterocycles. The van der Waals surface area contributed by atoms with E-state index in [1.165, 1.54) is 7.11 Å². The normalized spacial score (nSPS) is 10.4. The zero-order valence-electron chi connectivity index (χ0n) is 14.3. The third-order valence-corrected chi connectivity index (χ3v) is 4.83. The van der Waals surface area contributed by atoms with Crippen molar-refractivity contribution in [2.24, 2.45) is 0 Å². The highest BCUT2D eigenvalue weighted by Crippen LogP contribution is 2.27. The number of benzene rings is 2. The molecule has 0 aliphatic carbocycles. The van der Waals surface area contributed by atoms with Crippen LogP contribution in [-0.4, -0.2) is 24.6 Å². The molecule has 0 bridgehead atoms. The van der Waals surface area contributed by atoms with Gasteiger partial charge in [-0.05, 0) is 49.4 Å². The maximum absolute atomic E-state index is 12.0. The summed E-state index contributed by atoms with van der Waals surface area (Å²) in [7, 11) is 1.54. The molecule has 0 radical (unpaired) electrons. The van der Waals surface area contributed by atoms with Crippen LogP contribution in [0.4, 0.5) is 5.69 Å². The van der Waals surface area contributed by atoms with Gasteiger partial charge in [-0.15, -0.1) is 11.3 Å². The van der Waals surface area contributed by atoms with Crippen molar-refractivity contribution in [1.82, 2.24) is 4.98 Å². The summed E-state index contributed by atoms with van der Waals surface area (Å²) in [6.45, 7) is 1.87. The van der Waals surface area contributed by atoms with Gasteiger partial charge in [0.15, 0.2) is 6.61 Å². The summed E-state index contributed by atoms with van der Waals surface area (Å²) < 4.78 is 10.6. The van der Waals surface area contributed by atoms with Crippen molar-refractivity contribution in [1.29, 1.82) is 0 Å². The number of ether oxygens (including phenoxy) is 2. The number of nitrogens with one attached hydrogen (secondary N) is 1. The molecule has 0 saturated heterocycles. The Morgan fingerprint density at radius 3 is 2.62 bits per heavy atom. The summed E-state index contributed by atoms with van der Waals surface area (Å²) in [6, 6.07) is 12.5. The third kappa shape index (κ3) is 4.53. The van der Waals surface area contributed by atoms with Crippen LogP contribution in [0.15, 0.2) is 47.8 Å².